The third-order valence-electron chi connectivity index (χ3n) is 4.31. The maximum Gasteiger partial charge on any atom is 0.269 e. The molecular formula is C18H20ClN3O2. The topological polar surface area (TPSA) is 58.4 Å². The van der Waals surface area contributed by atoms with E-state index in [1.165, 1.54) is 6.07 Å². The second-order valence-electron chi connectivity index (χ2n) is 6.13. The molecular weight excluding hydrogens is 326 g/mol. The molecule has 6 heteroatoms. The number of nitrogens with zero attached hydrogens (tertiary/aromatic N) is 2. The van der Waals surface area contributed by atoms with E-state index in [4.69, 9.17) is 11.6 Å². The van der Waals surface area contributed by atoms with E-state index in [2.05, 4.69) is 10.2 Å². The van der Waals surface area contributed by atoms with Crippen molar-refractivity contribution >= 4 is 23.0 Å². The number of hydrogen-bond donors (Lipinski definition) is 1. The standard InChI is InChI=1S/C18H20ClN3O2/c19-15-4-2-5-17(12-15)20-16-7-9-21(10-8-16)13-14-3-1-6-18(11-14)22(23)24/h1-6,11-12,16,20H,7-10,13H2. The summed E-state index contributed by atoms with van der Waals surface area (Å²) in [4.78, 5) is 12.9. The number of non-ortho nitro benzene ring substituents is 1. The minimum absolute atomic E-state index is 0.157. The van der Waals surface area contributed by atoms with Crippen LogP contribution in [0.1, 0.15) is 18.4 Å². The van der Waals surface area contributed by atoms with Crippen LogP contribution < -0.4 is 5.32 Å². The van der Waals surface area contributed by atoms with Gasteiger partial charge in [-0.3, -0.25) is 15.0 Å². The van der Waals surface area contributed by atoms with Gasteiger partial charge < -0.3 is 5.32 Å². The average molecular weight is 346 g/mol. The van der Waals surface area contributed by atoms with Crippen molar-refractivity contribution in [2.24, 2.45) is 0 Å². The summed E-state index contributed by atoms with van der Waals surface area (Å²) in [6.07, 6.45) is 2.09. The van der Waals surface area contributed by atoms with Gasteiger partial charge in [0.25, 0.3) is 5.69 Å². The van der Waals surface area contributed by atoms with E-state index in [-0.39, 0.29) is 10.6 Å². The van der Waals surface area contributed by atoms with Crippen LogP contribution in [0.3, 0.4) is 0 Å². The lowest BCUT2D eigenvalue weighted by Crippen LogP contribution is -2.38. The molecule has 3 rings (SSSR count). The van der Waals surface area contributed by atoms with Crippen molar-refractivity contribution in [3.63, 3.8) is 0 Å². The van der Waals surface area contributed by atoms with Crippen LogP contribution in [-0.4, -0.2) is 29.0 Å². The predicted molar refractivity (Wildman–Crippen MR) is 96.5 cm³/mol. The van der Waals surface area contributed by atoms with Crippen molar-refractivity contribution in [2.75, 3.05) is 18.4 Å². The number of benzene rings is 2. The lowest BCUT2D eigenvalue weighted by atomic mass is 10.0. The molecule has 1 aliphatic rings. The third kappa shape index (κ3) is 4.46. The highest BCUT2D eigenvalue weighted by molar-refractivity contribution is 6.30. The number of nitro groups is 1. The minimum atomic E-state index is -0.343. The fraction of sp³-hybridized carbons (Fsp3) is 0.333. The first-order valence-electron chi connectivity index (χ1n) is 8.08. The fourth-order valence-corrected chi connectivity index (χ4v) is 3.27. The van der Waals surface area contributed by atoms with Crippen molar-refractivity contribution in [1.82, 2.24) is 4.90 Å². The molecule has 0 aromatic heterocycles. The van der Waals surface area contributed by atoms with E-state index >= 15 is 0 Å². The van der Waals surface area contributed by atoms with Gasteiger partial charge in [-0.1, -0.05) is 29.8 Å². The number of piperidine rings is 1. The molecule has 1 saturated heterocycles. The summed E-state index contributed by atoms with van der Waals surface area (Å²) in [5, 5.41) is 15.1. The number of nitrogens with one attached hydrogen (secondary N) is 1. The molecule has 0 unspecified atom stereocenters. The van der Waals surface area contributed by atoms with Gasteiger partial charge >= 0.3 is 0 Å². The molecule has 1 heterocycles. The largest absolute Gasteiger partial charge is 0.382 e. The van der Waals surface area contributed by atoms with Gasteiger partial charge in [-0.25, -0.2) is 0 Å². The molecule has 5 nitrogen and oxygen atoms in total. The predicted octanol–water partition coefficient (Wildman–Crippen LogP) is 4.32. The molecule has 24 heavy (non-hydrogen) atoms. The Morgan fingerprint density at radius 2 is 1.92 bits per heavy atom. The van der Waals surface area contributed by atoms with Crippen molar-refractivity contribution in [2.45, 2.75) is 25.4 Å². The summed E-state index contributed by atoms with van der Waals surface area (Å²) in [5.41, 5.74) is 2.20. The molecule has 2 aromatic carbocycles. The molecule has 0 atom stereocenters. The maximum absolute atomic E-state index is 10.9. The molecule has 1 fully saturated rings. The average Bonchev–Trinajstić information content (AvgIpc) is 2.57. The van der Waals surface area contributed by atoms with E-state index in [0.29, 0.717) is 6.04 Å². The second-order valence-corrected chi connectivity index (χ2v) is 6.57. The van der Waals surface area contributed by atoms with Crippen LogP contribution in [0.15, 0.2) is 48.5 Å². The lowest BCUT2D eigenvalue weighted by Gasteiger charge is -2.32. The number of halogens is 1. The molecule has 0 saturated carbocycles. The molecule has 0 spiro atoms. The van der Waals surface area contributed by atoms with Crippen molar-refractivity contribution in [3.05, 3.63) is 69.2 Å². The molecule has 126 valence electrons. The van der Waals surface area contributed by atoms with Gasteiger partial charge in [0.15, 0.2) is 0 Å². The van der Waals surface area contributed by atoms with Gasteiger partial charge in [-0.15, -0.1) is 0 Å². The van der Waals surface area contributed by atoms with E-state index in [1.807, 2.05) is 30.3 Å². The van der Waals surface area contributed by atoms with Crippen LogP contribution in [0.5, 0.6) is 0 Å². The van der Waals surface area contributed by atoms with Crippen LogP contribution in [0, 0.1) is 10.1 Å². The number of nitro benzene ring substituents is 1. The molecule has 1 aliphatic heterocycles. The Hall–Kier alpha value is -2.11. The first-order valence-corrected chi connectivity index (χ1v) is 8.46. The van der Waals surface area contributed by atoms with Gasteiger partial charge in [0.2, 0.25) is 0 Å². The van der Waals surface area contributed by atoms with E-state index in [1.54, 1.807) is 12.1 Å². The Bertz CT molecular complexity index is 715. The van der Waals surface area contributed by atoms with Gasteiger partial charge in [-0.2, -0.15) is 0 Å². The molecule has 0 aliphatic carbocycles. The smallest absolute Gasteiger partial charge is 0.269 e. The van der Waals surface area contributed by atoms with Crippen LogP contribution >= 0.6 is 11.6 Å². The van der Waals surface area contributed by atoms with Crippen LogP contribution in [0.2, 0.25) is 5.02 Å². The van der Waals surface area contributed by atoms with Crippen molar-refractivity contribution in [1.29, 1.82) is 0 Å². The summed E-state index contributed by atoms with van der Waals surface area (Å²) in [6.45, 7) is 2.70. The van der Waals surface area contributed by atoms with Gasteiger partial charge in [0.05, 0.1) is 4.92 Å². The lowest BCUT2D eigenvalue weighted by molar-refractivity contribution is -0.384. The second kappa shape index (κ2) is 7.64. The highest BCUT2D eigenvalue weighted by Crippen LogP contribution is 2.21. The Kier molecular flexibility index (Phi) is 5.33. The zero-order valence-electron chi connectivity index (χ0n) is 13.3. The van der Waals surface area contributed by atoms with Crippen molar-refractivity contribution < 1.29 is 4.92 Å². The first-order chi connectivity index (χ1) is 11.6. The van der Waals surface area contributed by atoms with E-state index < -0.39 is 0 Å². The number of hydrogen-bond acceptors (Lipinski definition) is 4. The first kappa shape index (κ1) is 16.7. The molecule has 0 bridgehead atoms. The number of likely N-dealkylation sites (tertiary alicyclic amines) is 1. The monoisotopic (exact) mass is 345 g/mol. The zero-order valence-corrected chi connectivity index (χ0v) is 14.1. The summed E-state index contributed by atoms with van der Waals surface area (Å²) in [5.74, 6) is 0. The fourth-order valence-electron chi connectivity index (χ4n) is 3.08. The summed E-state index contributed by atoms with van der Waals surface area (Å²) < 4.78 is 0. The summed E-state index contributed by atoms with van der Waals surface area (Å²) in [7, 11) is 0. The Balaban J connectivity index is 1.52. The number of rotatable bonds is 5. The molecule has 0 amide bonds. The van der Waals surface area contributed by atoms with E-state index in [9.17, 15) is 10.1 Å². The minimum Gasteiger partial charge on any atom is -0.382 e. The zero-order chi connectivity index (χ0) is 16.9. The molecule has 2 aromatic rings. The number of anilines is 1. The van der Waals surface area contributed by atoms with Crippen molar-refractivity contribution in [3.8, 4) is 0 Å². The highest BCUT2D eigenvalue weighted by atomic mass is 35.5. The quantitative estimate of drug-likeness (QED) is 0.647. The maximum atomic E-state index is 10.9. The van der Waals surface area contributed by atoms with E-state index in [0.717, 1.165) is 48.7 Å². The van der Waals surface area contributed by atoms with Crippen LogP contribution in [0.25, 0.3) is 0 Å². The van der Waals surface area contributed by atoms with Gasteiger partial charge in [0, 0.05) is 48.5 Å². The van der Waals surface area contributed by atoms with Crippen LogP contribution in [-0.2, 0) is 6.54 Å². The highest BCUT2D eigenvalue weighted by Gasteiger charge is 2.19. The summed E-state index contributed by atoms with van der Waals surface area (Å²) >= 11 is 6.01. The Labute approximate surface area is 146 Å². The SMILES string of the molecule is O=[N+]([O-])c1cccc(CN2CCC(Nc3cccc(Cl)c3)CC2)c1. The Morgan fingerprint density at radius 3 is 2.62 bits per heavy atom. The normalized spacial score (nSPS) is 16.0. The summed E-state index contributed by atoms with van der Waals surface area (Å²) in [6, 6.07) is 15.1. The molecule has 1 N–H and O–H groups in total. The van der Waals surface area contributed by atoms with Crippen LogP contribution in [0.4, 0.5) is 11.4 Å². The Morgan fingerprint density at radius 1 is 1.17 bits per heavy atom. The van der Waals surface area contributed by atoms with Gasteiger partial charge in [0.1, 0.15) is 0 Å². The van der Waals surface area contributed by atoms with Gasteiger partial charge in [-0.05, 0) is 36.6 Å². The third-order valence-corrected chi connectivity index (χ3v) is 4.55. The molecule has 0 radical (unpaired) electrons.